The predicted octanol–water partition coefficient (Wildman–Crippen LogP) is 4.26. The quantitative estimate of drug-likeness (QED) is 0.830. The van der Waals surface area contributed by atoms with Crippen LogP contribution < -0.4 is 11.1 Å². The fraction of sp³-hybridized carbons (Fsp3) is 0.400. The molecule has 2 aromatic rings. The highest BCUT2D eigenvalue weighted by molar-refractivity contribution is 9.10. The Balaban J connectivity index is 1.75. The van der Waals surface area contributed by atoms with Gasteiger partial charge in [-0.25, -0.2) is 0 Å². The highest BCUT2D eigenvalue weighted by atomic mass is 79.9. The number of carbonyl (C=O) groups is 1. The van der Waals surface area contributed by atoms with E-state index in [1.54, 1.807) is 0 Å². The molecule has 1 atom stereocenters. The van der Waals surface area contributed by atoms with E-state index in [1.165, 1.54) is 36.4 Å². The van der Waals surface area contributed by atoms with Gasteiger partial charge in [0.15, 0.2) is 0 Å². The summed E-state index contributed by atoms with van der Waals surface area (Å²) in [5.74, 6) is 1.16. The number of amides is 1. The number of anilines is 1. The Morgan fingerprint density at radius 1 is 1.43 bits per heavy atom. The minimum atomic E-state index is -0.0493. The number of carbonyl (C=O) groups excluding carboxylic acids is 1. The summed E-state index contributed by atoms with van der Waals surface area (Å²) in [6.45, 7) is 0.734. The normalized spacial score (nSPS) is 18.8. The molecule has 1 aromatic heterocycles. The van der Waals surface area contributed by atoms with Gasteiger partial charge in [0.25, 0.3) is 5.91 Å². The molecule has 112 valence electrons. The molecule has 3 N–H and O–H groups in total. The molecular formula is C15H17BrN2OS2. The number of nitrogen functional groups attached to an aromatic ring is 1. The van der Waals surface area contributed by atoms with E-state index < -0.39 is 0 Å². The van der Waals surface area contributed by atoms with E-state index in [9.17, 15) is 4.79 Å². The van der Waals surface area contributed by atoms with Crippen LogP contribution in [0.5, 0.6) is 0 Å². The molecular weight excluding hydrogens is 368 g/mol. The third-order valence-electron chi connectivity index (χ3n) is 3.67. The van der Waals surface area contributed by atoms with Crippen LogP contribution in [0.1, 0.15) is 28.9 Å². The fourth-order valence-corrected chi connectivity index (χ4v) is 5.57. The van der Waals surface area contributed by atoms with Gasteiger partial charge in [-0.15, -0.1) is 11.3 Å². The summed E-state index contributed by atoms with van der Waals surface area (Å²) in [7, 11) is 0. The number of nitrogens with two attached hydrogens (primary N) is 1. The van der Waals surface area contributed by atoms with E-state index in [2.05, 4.69) is 21.2 Å². The molecule has 0 bridgehead atoms. The van der Waals surface area contributed by atoms with Crippen molar-refractivity contribution in [2.24, 2.45) is 0 Å². The van der Waals surface area contributed by atoms with Gasteiger partial charge in [-0.2, -0.15) is 11.8 Å². The van der Waals surface area contributed by atoms with Crippen LogP contribution in [0.15, 0.2) is 22.7 Å². The number of thiophene rings is 1. The molecule has 1 saturated heterocycles. The summed E-state index contributed by atoms with van der Waals surface area (Å²) >= 11 is 6.92. The second-order valence-corrected chi connectivity index (χ2v) is 8.47. The SMILES string of the molecule is Nc1c(C(=O)NCC2CCCCS2)sc2cccc(Br)c12. The average molecular weight is 385 g/mol. The van der Waals surface area contributed by atoms with Crippen molar-refractivity contribution in [1.82, 2.24) is 5.32 Å². The summed E-state index contributed by atoms with van der Waals surface area (Å²) in [6, 6.07) is 5.91. The van der Waals surface area contributed by atoms with Crippen molar-refractivity contribution in [1.29, 1.82) is 0 Å². The number of nitrogens with one attached hydrogen (secondary N) is 1. The second-order valence-electron chi connectivity index (χ2n) is 5.16. The van der Waals surface area contributed by atoms with Crippen LogP contribution in [-0.4, -0.2) is 23.5 Å². The average Bonchev–Trinajstić information content (AvgIpc) is 2.84. The van der Waals surface area contributed by atoms with E-state index in [0.717, 1.165) is 21.1 Å². The fourth-order valence-electron chi connectivity index (χ4n) is 2.55. The maximum absolute atomic E-state index is 12.4. The van der Waals surface area contributed by atoms with Crippen LogP contribution in [0, 0.1) is 0 Å². The maximum atomic E-state index is 12.4. The van der Waals surface area contributed by atoms with Crippen LogP contribution in [0.4, 0.5) is 5.69 Å². The third-order valence-corrected chi connectivity index (χ3v) is 6.90. The molecule has 0 aliphatic carbocycles. The molecule has 1 fully saturated rings. The van der Waals surface area contributed by atoms with Crippen LogP contribution in [-0.2, 0) is 0 Å². The Morgan fingerprint density at radius 3 is 3.00 bits per heavy atom. The van der Waals surface area contributed by atoms with Gasteiger partial charge in [0.1, 0.15) is 4.88 Å². The number of halogens is 1. The molecule has 1 unspecified atom stereocenters. The van der Waals surface area contributed by atoms with Gasteiger partial charge >= 0.3 is 0 Å². The van der Waals surface area contributed by atoms with Crippen molar-refractivity contribution < 1.29 is 4.79 Å². The van der Waals surface area contributed by atoms with Crippen molar-refractivity contribution in [3.63, 3.8) is 0 Å². The van der Waals surface area contributed by atoms with Gasteiger partial charge in [0, 0.05) is 26.4 Å². The van der Waals surface area contributed by atoms with Crippen LogP contribution in [0.25, 0.3) is 10.1 Å². The molecule has 1 aliphatic heterocycles. The van der Waals surface area contributed by atoms with Crippen molar-refractivity contribution in [2.45, 2.75) is 24.5 Å². The minimum absolute atomic E-state index is 0.0493. The topological polar surface area (TPSA) is 55.1 Å². The molecule has 1 aromatic carbocycles. The number of fused-ring (bicyclic) bond motifs is 1. The Morgan fingerprint density at radius 2 is 2.29 bits per heavy atom. The predicted molar refractivity (Wildman–Crippen MR) is 96.4 cm³/mol. The van der Waals surface area contributed by atoms with Gasteiger partial charge in [0.2, 0.25) is 0 Å². The van der Waals surface area contributed by atoms with Gasteiger partial charge in [-0.3, -0.25) is 4.79 Å². The molecule has 21 heavy (non-hydrogen) atoms. The Hall–Kier alpha value is -0.720. The van der Waals surface area contributed by atoms with Crippen LogP contribution in [0.2, 0.25) is 0 Å². The number of hydrogen-bond acceptors (Lipinski definition) is 4. The molecule has 6 heteroatoms. The van der Waals surface area contributed by atoms with Crippen molar-refractivity contribution in [3.8, 4) is 0 Å². The maximum Gasteiger partial charge on any atom is 0.263 e. The molecule has 0 saturated carbocycles. The van der Waals surface area contributed by atoms with E-state index in [0.29, 0.717) is 15.8 Å². The van der Waals surface area contributed by atoms with Crippen LogP contribution in [0.3, 0.4) is 0 Å². The van der Waals surface area contributed by atoms with E-state index in [1.807, 2.05) is 30.0 Å². The molecule has 2 heterocycles. The first-order chi connectivity index (χ1) is 10.2. The zero-order valence-electron chi connectivity index (χ0n) is 11.5. The lowest BCUT2D eigenvalue weighted by Crippen LogP contribution is -2.31. The van der Waals surface area contributed by atoms with Crippen molar-refractivity contribution in [3.05, 3.63) is 27.5 Å². The lowest BCUT2D eigenvalue weighted by Gasteiger charge is -2.21. The Bertz CT molecular complexity index is 665. The summed E-state index contributed by atoms with van der Waals surface area (Å²) in [5, 5.41) is 4.54. The van der Waals surface area contributed by atoms with Gasteiger partial charge in [-0.1, -0.05) is 28.4 Å². The monoisotopic (exact) mass is 384 g/mol. The highest BCUT2D eigenvalue weighted by Gasteiger charge is 2.20. The van der Waals surface area contributed by atoms with E-state index >= 15 is 0 Å². The first kappa shape index (κ1) is 15.2. The molecule has 3 nitrogen and oxygen atoms in total. The lowest BCUT2D eigenvalue weighted by molar-refractivity contribution is 0.0958. The van der Waals surface area contributed by atoms with Gasteiger partial charge < -0.3 is 11.1 Å². The molecule has 3 rings (SSSR count). The van der Waals surface area contributed by atoms with E-state index in [-0.39, 0.29) is 5.91 Å². The summed E-state index contributed by atoms with van der Waals surface area (Å²) < 4.78 is 1.98. The zero-order chi connectivity index (χ0) is 14.8. The second kappa shape index (κ2) is 6.58. The Kier molecular flexibility index (Phi) is 4.76. The summed E-state index contributed by atoms with van der Waals surface area (Å²) in [4.78, 5) is 13.0. The largest absolute Gasteiger partial charge is 0.397 e. The number of rotatable bonds is 3. The minimum Gasteiger partial charge on any atom is -0.397 e. The molecule has 1 amide bonds. The molecule has 0 spiro atoms. The standard InChI is InChI=1S/C15H17BrN2OS2/c16-10-5-3-6-11-12(10)13(17)14(21-11)15(19)18-8-9-4-1-2-7-20-9/h3,5-6,9H,1-2,4,7-8,17H2,(H,18,19). The molecule has 1 aliphatic rings. The van der Waals surface area contributed by atoms with Crippen LogP contribution >= 0.6 is 39.0 Å². The zero-order valence-corrected chi connectivity index (χ0v) is 14.7. The first-order valence-corrected chi connectivity index (χ1v) is 9.69. The number of thioether (sulfide) groups is 1. The Labute approximate surface area is 140 Å². The highest BCUT2D eigenvalue weighted by Crippen LogP contribution is 2.38. The number of hydrogen-bond donors (Lipinski definition) is 2. The van der Waals surface area contributed by atoms with Gasteiger partial charge in [0.05, 0.1) is 5.69 Å². The first-order valence-electron chi connectivity index (χ1n) is 7.03. The summed E-state index contributed by atoms with van der Waals surface area (Å²) in [6.07, 6.45) is 3.76. The van der Waals surface area contributed by atoms with Crippen molar-refractivity contribution >= 4 is 60.7 Å². The smallest absolute Gasteiger partial charge is 0.263 e. The third kappa shape index (κ3) is 3.22. The molecule has 0 radical (unpaired) electrons. The summed E-state index contributed by atoms with van der Waals surface area (Å²) in [5.41, 5.74) is 6.74. The van der Waals surface area contributed by atoms with E-state index in [4.69, 9.17) is 5.73 Å². The van der Waals surface area contributed by atoms with Crippen molar-refractivity contribution in [2.75, 3.05) is 18.0 Å². The van der Waals surface area contributed by atoms with Gasteiger partial charge in [-0.05, 0) is 30.7 Å². The number of benzene rings is 1. The lowest BCUT2D eigenvalue weighted by atomic mass is 10.2.